The van der Waals surface area contributed by atoms with Crippen LogP contribution < -0.4 is 11.2 Å². The number of aliphatic hydroxyl groups excluding tert-OH is 1. The smallest absolute Gasteiger partial charge is 0.202 e. The van der Waals surface area contributed by atoms with E-state index in [9.17, 15) is 5.21 Å². The normalized spacial score (nSPS) is 10.7. The van der Waals surface area contributed by atoms with Crippen LogP contribution in [0.3, 0.4) is 0 Å². The molecule has 0 rings (SSSR count). The van der Waals surface area contributed by atoms with Crippen LogP contribution >= 0.6 is 0 Å². The second-order valence-electron chi connectivity index (χ2n) is 6.27. The second-order valence-corrected chi connectivity index (χ2v) is 6.27. The predicted molar refractivity (Wildman–Crippen MR) is 97.8 cm³/mol. The van der Waals surface area contributed by atoms with Crippen molar-refractivity contribution in [2.45, 2.75) is 103 Å². The molecule has 0 saturated carbocycles. The fraction of sp³-hybridized carbons (Fsp3) is 1.00. The van der Waals surface area contributed by atoms with Gasteiger partial charge in [-0.15, -0.1) is 0 Å². The number of aliphatic hydroxyl groups is 2. The van der Waals surface area contributed by atoms with E-state index in [1.165, 1.54) is 89.9 Å². The van der Waals surface area contributed by atoms with E-state index in [1.807, 2.05) is 0 Å². The Morgan fingerprint density at radius 2 is 1.09 bits per heavy atom. The first kappa shape index (κ1) is 25.0. The predicted octanol–water partition coefficient (Wildman–Crippen LogP) is 2.78. The van der Waals surface area contributed by atoms with Gasteiger partial charge in [-0.3, -0.25) is 0 Å². The second kappa shape index (κ2) is 24.1. The lowest BCUT2D eigenvalue weighted by molar-refractivity contribution is -0.604. The summed E-state index contributed by atoms with van der Waals surface area (Å²) in [7, 11) is 0. The van der Waals surface area contributed by atoms with E-state index < -0.39 is 6.29 Å². The van der Waals surface area contributed by atoms with Gasteiger partial charge < -0.3 is 26.6 Å². The molecule has 0 aliphatic carbocycles. The highest BCUT2D eigenvalue weighted by Gasteiger charge is 1.93. The van der Waals surface area contributed by atoms with Gasteiger partial charge in [-0.1, -0.05) is 90.4 Å². The quantitative estimate of drug-likeness (QED) is 0.198. The van der Waals surface area contributed by atoms with E-state index in [2.05, 4.69) is 6.92 Å². The van der Waals surface area contributed by atoms with E-state index in [1.54, 1.807) is 0 Å². The summed E-state index contributed by atoms with van der Waals surface area (Å²) in [5.41, 5.74) is 5.92. The van der Waals surface area contributed by atoms with Crippen molar-refractivity contribution in [3.05, 3.63) is 5.21 Å². The number of hydroxylamine groups is 1. The molecule has 0 aromatic heterocycles. The highest BCUT2D eigenvalue weighted by atomic mass is 16.5. The van der Waals surface area contributed by atoms with Gasteiger partial charge in [0, 0.05) is 0 Å². The van der Waals surface area contributed by atoms with Crippen LogP contribution in [0.4, 0.5) is 0 Å². The molecule has 23 heavy (non-hydrogen) atoms. The SMILES string of the molecule is CCCCCCCCCCCCCCCCN.[O-][NH2+]CC(O)O. The third-order valence-electron chi connectivity index (χ3n) is 3.86. The van der Waals surface area contributed by atoms with E-state index >= 15 is 0 Å². The van der Waals surface area contributed by atoms with E-state index in [0.29, 0.717) is 5.48 Å². The van der Waals surface area contributed by atoms with Crippen molar-refractivity contribution >= 4 is 0 Å². The Morgan fingerprint density at radius 3 is 1.30 bits per heavy atom. The van der Waals surface area contributed by atoms with Crippen LogP contribution in [0.15, 0.2) is 0 Å². The summed E-state index contributed by atoms with van der Waals surface area (Å²) in [6.07, 6.45) is 18.4. The number of rotatable bonds is 16. The molecule has 142 valence electrons. The first-order valence-corrected chi connectivity index (χ1v) is 9.68. The third-order valence-corrected chi connectivity index (χ3v) is 3.86. The van der Waals surface area contributed by atoms with Crippen molar-refractivity contribution in [2.24, 2.45) is 5.73 Å². The molecular weight excluding hydrogens is 292 g/mol. The average molecular weight is 335 g/mol. The van der Waals surface area contributed by atoms with Gasteiger partial charge >= 0.3 is 0 Å². The molecule has 0 heterocycles. The summed E-state index contributed by atoms with van der Waals surface area (Å²) < 4.78 is 0. The van der Waals surface area contributed by atoms with Gasteiger partial charge in [0.15, 0.2) is 0 Å². The van der Waals surface area contributed by atoms with Crippen LogP contribution in [0.1, 0.15) is 96.8 Å². The fourth-order valence-corrected chi connectivity index (χ4v) is 2.42. The number of nitrogens with two attached hydrogens (primary N) is 2. The van der Waals surface area contributed by atoms with Crippen molar-refractivity contribution in [3.8, 4) is 0 Å². The van der Waals surface area contributed by atoms with Crippen molar-refractivity contribution < 1.29 is 15.7 Å². The number of hydrogen-bond acceptors (Lipinski definition) is 4. The molecule has 0 fully saturated rings. The average Bonchev–Trinajstić information content (AvgIpc) is 2.52. The lowest BCUT2D eigenvalue weighted by atomic mass is 10.0. The highest BCUT2D eigenvalue weighted by Crippen LogP contribution is 2.12. The molecule has 0 unspecified atom stereocenters. The molecule has 0 aromatic rings. The Hall–Kier alpha value is -0.200. The van der Waals surface area contributed by atoms with Crippen LogP contribution in [0.5, 0.6) is 0 Å². The molecule has 0 spiro atoms. The molecular formula is C18H42N2O3. The minimum absolute atomic E-state index is 0.194. The molecule has 0 saturated heterocycles. The largest absolute Gasteiger partial charge is 0.636 e. The first-order chi connectivity index (χ1) is 11.2. The zero-order valence-corrected chi connectivity index (χ0v) is 15.3. The minimum Gasteiger partial charge on any atom is -0.636 e. The van der Waals surface area contributed by atoms with Crippen LogP contribution in [0.2, 0.25) is 0 Å². The maximum atomic E-state index is 9.30. The van der Waals surface area contributed by atoms with Crippen molar-refractivity contribution in [2.75, 3.05) is 13.1 Å². The monoisotopic (exact) mass is 334 g/mol. The zero-order chi connectivity index (χ0) is 17.6. The molecule has 0 atom stereocenters. The van der Waals surface area contributed by atoms with Gasteiger partial charge in [-0.25, -0.2) is 0 Å². The van der Waals surface area contributed by atoms with Crippen molar-refractivity contribution in [3.63, 3.8) is 0 Å². The molecule has 5 nitrogen and oxygen atoms in total. The summed E-state index contributed by atoms with van der Waals surface area (Å²) in [6, 6.07) is 0. The molecule has 0 bridgehead atoms. The van der Waals surface area contributed by atoms with Gasteiger partial charge in [-0.2, -0.15) is 0 Å². The lowest BCUT2D eigenvalue weighted by Gasteiger charge is -2.02. The summed E-state index contributed by atoms with van der Waals surface area (Å²) in [4.78, 5) is 0. The number of hydrogen-bond donors (Lipinski definition) is 4. The summed E-state index contributed by atoms with van der Waals surface area (Å²) >= 11 is 0. The van der Waals surface area contributed by atoms with Gasteiger partial charge in [0.05, 0.1) is 0 Å². The Balaban J connectivity index is 0. The van der Waals surface area contributed by atoms with Gasteiger partial charge in [0.2, 0.25) is 6.29 Å². The summed E-state index contributed by atoms with van der Waals surface area (Å²) in [5, 5.41) is 25.0. The molecule has 0 aliphatic heterocycles. The Morgan fingerprint density at radius 1 is 0.739 bits per heavy atom. The summed E-state index contributed by atoms with van der Waals surface area (Å²) in [5.74, 6) is 0. The van der Waals surface area contributed by atoms with Gasteiger partial charge in [0.25, 0.3) is 0 Å². The maximum Gasteiger partial charge on any atom is 0.202 e. The third kappa shape index (κ3) is 30.3. The highest BCUT2D eigenvalue weighted by molar-refractivity contribution is 4.49. The summed E-state index contributed by atoms with van der Waals surface area (Å²) in [6.45, 7) is 2.96. The van der Waals surface area contributed by atoms with Gasteiger partial charge in [-0.05, 0) is 13.0 Å². The molecule has 5 heteroatoms. The molecule has 0 amide bonds. The number of unbranched alkanes of at least 4 members (excludes halogenated alkanes) is 13. The Bertz CT molecular complexity index is 179. The van der Waals surface area contributed by atoms with E-state index in [4.69, 9.17) is 15.9 Å². The van der Waals surface area contributed by atoms with E-state index in [0.717, 1.165) is 6.54 Å². The Kier molecular flexibility index (Phi) is 26.2. The van der Waals surface area contributed by atoms with Crippen molar-refractivity contribution in [1.82, 2.24) is 0 Å². The molecule has 0 aromatic carbocycles. The fourth-order valence-electron chi connectivity index (χ4n) is 2.42. The maximum absolute atomic E-state index is 9.30. The minimum atomic E-state index is -1.47. The van der Waals surface area contributed by atoms with Gasteiger partial charge in [0.1, 0.15) is 6.54 Å². The topological polar surface area (TPSA) is 106 Å². The van der Waals surface area contributed by atoms with Crippen LogP contribution in [-0.2, 0) is 0 Å². The zero-order valence-electron chi connectivity index (χ0n) is 15.3. The molecule has 6 N–H and O–H groups in total. The van der Waals surface area contributed by atoms with Crippen LogP contribution in [-0.4, -0.2) is 29.6 Å². The first-order valence-electron chi connectivity index (χ1n) is 9.68. The van der Waals surface area contributed by atoms with E-state index in [-0.39, 0.29) is 6.54 Å². The molecule has 0 radical (unpaired) electrons. The Labute approximate surface area is 143 Å². The standard InChI is InChI=1S/C16H35N.C2H7NO3/c1-2-3-4-5-6-7-8-9-10-11-12-13-14-15-16-17;4-2(5)1-3-6/h2-17H2,1H3;2,4-5H,1,3H2. The number of quaternary nitrogens is 1. The molecule has 0 aliphatic rings. The van der Waals surface area contributed by atoms with Crippen molar-refractivity contribution in [1.29, 1.82) is 0 Å². The van der Waals surface area contributed by atoms with Crippen LogP contribution in [0.25, 0.3) is 0 Å². The lowest BCUT2D eigenvalue weighted by Crippen LogP contribution is -2.79. The van der Waals surface area contributed by atoms with Crippen LogP contribution in [0, 0.1) is 5.21 Å².